The van der Waals surface area contributed by atoms with Crippen LogP contribution >= 0.6 is 0 Å². The first kappa shape index (κ1) is 17.3. The Morgan fingerprint density at radius 1 is 1.23 bits per heavy atom. The quantitative estimate of drug-likeness (QED) is 0.589. The van der Waals surface area contributed by atoms with E-state index in [9.17, 15) is 5.11 Å². The van der Waals surface area contributed by atoms with Crippen molar-refractivity contribution in [2.24, 2.45) is 5.41 Å². The Hall–Kier alpha value is -1.06. The molecule has 0 bridgehead atoms. The molecule has 1 aliphatic rings. The Kier molecular flexibility index (Phi) is 6.27. The zero-order valence-corrected chi connectivity index (χ0v) is 14.3. The van der Waals surface area contributed by atoms with Gasteiger partial charge in [-0.3, -0.25) is 0 Å². The Morgan fingerprint density at radius 3 is 2.59 bits per heavy atom. The molecule has 1 aromatic carbocycles. The molecule has 1 aliphatic carbocycles. The lowest BCUT2D eigenvalue weighted by Crippen LogP contribution is -2.30. The van der Waals surface area contributed by atoms with E-state index in [-0.39, 0.29) is 5.41 Å². The highest BCUT2D eigenvalue weighted by molar-refractivity contribution is 5.36. The van der Waals surface area contributed by atoms with Gasteiger partial charge in [0.25, 0.3) is 0 Å². The lowest BCUT2D eigenvalue weighted by Gasteiger charge is -2.21. The minimum absolute atomic E-state index is 0.265. The molecule has 1 saturated carbocycles. The summed E-state index contributed by atoms with van der Waals surface area (Å²) >= 11 is 0. The van der Waals surface area contributed by atoms with Crippen LogP contribution in [0.25, 0.3) is 0 Å². The van der Waals surface area contributed by atoms with Crippen molar-refractivity contribution in [3.63, 3.8) is 0 Å². The molecule has 1 fully saturated rings. The predicted molar refractivity (Wildman–Crippen MR) is 91.2 cm³/mol. The second-order valence-corrected chi connectivity index (χ2v) is 7.62. The minimum Gasteiger partial charge on any atom is -0.465 e. The van der Waals surface area contributed by atoms with Crippen molar-refractivity contribution in [3.8, 4) is 5.75 Å². The fourth-order valence-corrected chi connectivity index (χ4v) is 3.06. The van der Waals surface area contributed by atoms with E-state index < -0.39 is 6.29 Å². The number of hydrogen-bond donors (Lipinski definition) is 2. The topological polar surface area (TPSA) is 41.5 Å². The Balaban J connectivity index is 1.82. The van der Waals surface area contributed by atoms with Crippen LogP contribution in [0.3, 0.4) is 0 Å². The van der Waals surface area contributed by atoms with E-state index in [0.29, 0.717) is 12.3 Å². The molecule has 0 aliphatic heterocycles. The number of aliphatic hydroxyl groups is 1. The monoisotopic (exact) mass is 305 g/mol. The molecule has 22 heavy (non-hydrogen) atoms. The predicted octanol–water partition coefficient (Wildman–Crippen LogP) is 4.07. The van der Waals surface area contributed by atoms with Gasteiger partial charge in [0.1, 0.15) is 5.75 Å². The third-order valence-corrected chi connectivity index (χ3v) is 4.20. The first-order valence-corrected chi connectivity index (χ1v) is 8.60. The van der Waals surface area contributed by atoms with Gasteiger partial charge in [0.2, 0.25) is 0 Å². The third-order valence-electron chi connectivity index (χ3n) is 4.20. The van der Waals surface area contributed by atoms with Gasteiger partial charge in [-0.15, -0.1) is 0 Å². The standard InChI is InChI=1S/C19H31NO2/c1-19(2,3)14-20-13-12-18(21)22-17-11-7-6-10-16(17)15-8-4-5-9-15/h6-7,10-11,15,18,20-21H,4-5,8-9,12-14H2,1-3H3. The maximum atomic E-state index is 10.1. The second-order valence-electron chi connectivity index (χ2n) is 7.62. The van der Waals surface area contributed by atoms with Crippen LogP contribution in [0.15, 0.2) is 24.3 Å². The van der Waals surface area contributed by atoms with E-state index in [1.165, 1.54) is 31.2 Å². The summed E-state index contributed by atoms with van der Waals surface area (Å²) in [6.07, 6.45) is 4.95. The van der Waals surface area contributed by atoms with E-state index in [2.05, 4.69) is 38.2 Å². The molecule has 1 aromatic rings. The Labute approximate surface area is 135 Å². The van der Waals surface area contributed by atoms with Crippen LogP contribution in [0, 0.1) is 5.41 Å². The average molecular weight is 305 g/mol. The zero-order chi connectivity index (χ0) is 16.0. The Morgan fingerprint density at radius 2 is 1.91 bits per heavy atom. The molecule has 1 atom stereocenters. The van der Waals surface area contributed by atoms with Crippen molar-refractivity contribution in [1.29, 1.82) is 0 Å². The van der Waals surface area contributed by atoms with Gasteiger partial charge in [0.05, 0.1) is 0 Å². The molecule has 2 N–H and O–H groups in total. The van der Waals surface area contributed by atoms with Gasteiger partial charge in [-0.05, 0) is 42.3 Å². The summed E-state index contributed by atoms with van der Waals surface area (Å²) < 4.78 is 5.81. The maximum absolute atomic E-state index is 10.1. The summed E-state index contributed by atoms with van der Waals surface area (Å²) in [5.74, 6) is 1.46. The van der Waals surface area contributed by atoms with Crippen LogP contribution in [0.2, 0.25) is 0 Å². The van der Waals surface area contributed by atoms with Crippen LogP contribution in [-0.2, 0) is 0 Å². The maximum Gasteiger partial charge on any atom is 0.198 e. The molecule has 0 saturated heterocycles. The minimum atomic E-state index is -0.741. The highest BCUT2D eigenvalue weighted by atomic mass is 16.6. The number of para-hydroxylation sites is 1. The second kappa shape index (κ2) is 7.98. The number of hydrogen-bond acceptors (Lipinski definition) is 3. The van der Waals surface area contributed by atoms with Crippen LogP contribution in [0.4, 0.5) is 0 Å². The van der Waals surface area contributed by atoms with Crippen molar-refractivity contribution in [2.45, 2.75) is 65.1 Å². The number of rotatable bonds is 7. The molecule has 0 amide bonds. The molecule has 0 aromatic heterocycles. The van der Waals surface area contributed by atoms with Crippen LogP contribution in [-0.4, -0.2) is 24.5 Å². The molecule has 3 heteroatoms. The SMILES string of the molecule is CC(C)(C)CNCCC(O)Oc1ccccc1C1CCCC1. The number of nitrogens with one attached hydrogen (secondary N) is 1. The fraction of sp³-hybridized carbons (Fsp3) is 0.684. The summed E-state index contributed by atoms with van der Waals surface area (Å²) in [6.45, 7) is 8.31. The highest BCUT2D eigenvalue weighted by Crippen LogP contribution is 2.38. The van der Waals surface area contributed by atoms with E-state index in [0.717, 1.165) is 18.8 Å². The van der Waals surface area contributed by atoms with Gasteiger partial charge < -0.3 is 15.2 Å². The summed E-state index contributed by atoms with van der Waals surface area (Å²) in [4.78, 5) is 0. The molecule has 3 nitrogen and oxygen atoms in total. The normalized spacial score (nSPS) is 17.6. The van der Waals surface area contributed by atoms with Gasteiger partial charge in [-0.25, -0.2) is 0 Å². The lowest BCUT2D eigenvalue weighted by atomic mass is 9.97. The molecule has 1 unspecified atom stereocenters. The average Bonchev–Trinajstić information content (AvgIpc) is 2.97. The van der Waals surface area contributed by atoms with Crippen molar-refractivity contribution in [2.75, 3.05) is 13.1 Å². The molecular weight excluding hydrogens is 274 g/mol. The number of ether oxygens (including phenoxy) is 1. The van der Waals surface area contributed by atoms with Gasteiger partial charge in [-0.2, -0.15) is 0 Å². The summed E-state index contributed by atoms with van der Waals surface area (Å²) in [7, 11) is 0. The lowest BCUT2D eigenvalue weighted by molar-refractivity contribution is -0.0234. The van der Waals surface area contributed by atoms with Crippen molar-refractivity contribution >= 4 is 0 Å². The Bertz CT molecular complexity index is 447. The van der Waals surface area contributed by atoms with Crippen LogP contribution in [0.1, 0.15) is 64.4 Å². The van der Waals surface area contributed by atoms with Crippen molar-refractivity contribution in [1.82, 2.24) is 5.32 Å². The third kappa shape index (κ3) is 5.62. The van der Waals surface area contributed by atoms with Crippen molar-refractivity contribution in [3.05, 3.63) is 29.8 Å². The van der Waals surface area contributed by atoms with E-state index in [1.54, 1.807) is 0 Å². The molecule has 0 spiro atoms. The van der Waals surface area contributed by atoms with Gasteiger partial charge in [0.15, 0.2) is 6.29 Å². The first-order chi connectivity index (χ1) is 10.5. The number of aliphatic hydroxyl groups excluding tert-OH is 1. The van der Waals surface area contributed by atoms with Gasteiger partial charge >= 0.3 is 0 Å². The molecule has 124 valence electrons. The van der Waals surface area contributed by atoms with E-state index in [4.69, 9.17) is 4.74 Å². The summed E-state index contributed by atoms with van der Waals surface area (Å²) in [6, 6.07) is 8.19. The summed E-state index contributed by atoms with van der Waals surface area (Å²) in [5.41, 5.74) is 1.53. The number of benzene rings is 1. The van der Waals surface area contributed by atoms with E-state index >= 15 is 0 Å². The van der Waals surface area contributed by atoms with Crippen molar-refractivity contribution < 1.29 is 9.84 Å². The molecule has 2 rings (SSSR count). The molecule has 0 radical (unpaired) electrons. The highest BCUT2D eigenvalue weighted by Gasteiger charge is 2.21. The largest absolute Gasteiger partial charge is 0.465 e. The fourth-order valence-electron chi connectivity index (χ4n) is 3.06. The summed E-state index contributed by atoms with van der Waals surface area (Å²) in [5, 5.41) is 13.5. The van der Waals surface area contributed by atoms with E-state index in [1.807, 2.05) is 12.1 Å². The molecular formula is C19H31NO2. The van der Waals surface area contributed by atoms with Crippen LogP contribution < -0.4 is 10.1 Å². The van der Waals surface area contributed by atoms with Crippen LogP contribution in [0.5, 0.6) is 5.75 Å². The zero-order valence-electron chi connectivity index (χ0n) is 14.3. The molecule has 0 heterocycles. The van der Waals surface area contributed by atoms with Gasteiger partial charge in [-0.1, -0.05) is 51.8 Å². The van der Waals surface area contributed by atoms with Gasteiger partial charge in [0, 0.05) is 13.0 Å². The smallest absolute Gasteiger partial charge is 0.198 e. The first-order valence-electron chi connectivity index (χ1n) is 8.60.